The van der Waals surface area contributed by atoms with Gasteiger partial charge in [0.1, 0.15) is 0 Å². The Bertz CT molecular complexity index is 1010. The quantitative estimate of drug-likeness (QED) is 0.533. The second kappa shape index (κ2) is 10.8. The molecule has 2 amide bonds. The predicted octanol–water partition coefficient (Wildman–Crippen LogP) is 5.27. The van der Waals surface area contributed by atoms with E-state index in [1.165, 1.54) is 0 Å². The van der Waals surface area contributed by atoms with Crippen LogP contribution in [0, 0.1) is 5.92 Å². The number of carbonyl (C=O) groups excluding carboxylic acids is 2. The van der Waals surface area contributed by atoms with Crippen LogP contribution in [0.1, 0.15) is 42.4 Å². The van der Waals surface area contributed by atoms with Gasteiger partial charge >= 0.3 is 0 Å². The maximum atomic E-state index is 13.3. The number of nitrogens with one attached hydrogen (secondary N) is 1. The number of hydrogen-bond donors (Lipinski definition) is 1. The molecule has 1 aliphatic rings. The molecule has 0 aliphatic heterocycles. The van der Waals surface area contributed by atoms with Crippen molar-refractivity contribution in [3.05, 3.63) is 102 Å². The third-order valence-electron chi connectivity index (χ3n) is 6.10. The van der Waals surface area contributed by atoms with Gasteiger partial charge in [-0.15, -0.1) is 0 Å². The highest BCUT2D eigenvalue weighted by molar-refractivity contribution is 5.95. The van der Waals surface area contributed by atoms with Gasteiger partial charge in [-0.25, -0.2) is 0 Å². The molecule has 1 aliphatic carbocycles. The Morgan fingerprint density at radius 2 is 1.34 bits per heavy atom. The molecule has 4 nitrogen and oxygen atoms in total. The van der Waals surface area contributed by atoms with Crippen molar-refractivity contribution >= 4 is 17.5 Å². The minimum absolute atomic E-state index is 0.00947. The van der Waals surface area contributed by atoms with E-state index in [4.69, 9.17) is 0 Å². The predicted molar refractivity (Wildman–Crippen MR) is 128 cm³/mol. The lowest BCUT2D eigenvalue weighted by Gasteiger charge is -2.26. The Morgan fingerprint density at radius 1 is 0.750 bits per heavy atom. The fourth-order valence-corrected chi connectivity index (χ4v) is 4.29. The Hall–Kier alpha value is -3.40. The van der Waals surface area contributed by atoms with Gasteiger partial charge in [-0.05, 0) is 41.7 Å². The number of amides is 2. The summed E-state index contributed by atoms with van der Waals surface area (Å²) in [6.07, 6.45) is 4.54. The topological polar surface area (TPSA) is 49.4 Å². The van der Waals surface area contributed by atoms with Gasteiger partial charge in [0.05, 0.1) is 13.0 Å². The van der Waals surface area contributed by atoms with Crippen LogP contribution in [-0.2, 0) is 29.1 Å². The highest BCUT2D eigenvalue weighted by Crippen LogP contribution is 2.30. The van der Waals surface area contributed by atoms with Crippen molar-refractivity contribution in [2.45, 2.75) is 45.2 Å². The highest BCUT2D eigenvalue weighted by Gasteiger charge is 2.28. The van der Waals surface area contributed by atoms with E-state index in [2.05, 4.69) is 17.4 Å². The maximum absolute atomic E-state index is 13.3. The van der Waals surface area contributed by atoms with Crippen molar-refractivity contribution in [1.29, 1.82) is 0 Å². The zero-order valence-electron chi connectivity index (χ0n) is 18.4. The Labute approximate surface area is 190 Å². The Kier molecular flexibility index (Phi) is 7.34. The van der Waals surface area contributed by atoms with Gasteiger partial charge in [-0.3, -0.25) is 9.59 Å². The second-order valence-corrected chi connectivity index (χ2v) is 8.50. The van der Waals surface area contributed by atoms with E-state index in [0.29, 0.717) is 19.5 Å². The van der Waals surface area contributed by atoms with E-state index in [-0.39, 0.29) is 17.7 Å². The lowest BCUT2D eigenvalue weighted by Crippen LogP contribution is -2.35. The molecule has 0 unspecified atom stereocenters. The molecule has 1 fully saturated rings. The molecular weight excluding hydrogens is 396 g/mol. The summed E-state index contributed by atoms with van der Waals surface area (Å²) in [4.78, 5) is 27.6. The number of rotatable bonds is 8. The van der Waals surface area contributed by atoms with Crippen LogP contribution in [0.5, 0.6) is 0 Å². The zero-order chi connectivity index (χ0) is 22.2. The third kappa shape index (κ3) is 5.85. The standard InChI is InChI=1S/C28H30N2O2/c31-27(29-20-23-9-3-1-4-10-23)19-22-15-17-26(18-16-22)30(21-24-11-5-2-6-12-24)28(32)25-13-7-8-14-25/h1-6,9-12,15-18,25H,7-8,13-14,19-21H2,(H,29,31). The molecule has 3 aromatic carbocycles. The lowest BCUT2D eigenvalue weighted by atomic mass is 10.0. The summed E-state index contributed by atoms with van der Waals surface area (Å²) in [7, 11) is 0. The summed E-state index contributed by atoms with van der Waals surface area (Å²) in [5.74, 6) is 0.312. The van der Waals surface area contributed by atoms with Crippen LogP contribution in [0.4, 0.5) is 5.69 Å². The maximum Gasteiger partial charge on any atom is 0.230 e. The molecule has 0 saturated heterocycles. The normalized spacial score (nSPS) is 13.6. The Morgan fingerprint density at radius 3 is 1.97 bits per heavy atom. The Balaban J connectivity index is 1.42. The van der Waals surface area contributed by atoms with Crippen molar-refractivity contribution in [1.82, 2.24) is 5.32 Å². The van der Waals surface area contributed by atoms with Gasteiger partial charge in [0.25, 0.3) is 0 Å². The molecule has 0 atom stereocenters. The summed E-state index contributed by atoms with van der Waals surface area (Å²) in [5, 5.41) is 2.97. The number of carbonyl (C=O) groups is 2. The van der Waals surface area contributed by atoms with E-state index >= 15 is 0 Å². The van der Waals surface area contributed by atoms with Gasteiger partial charge in [0.2, 0.25) is 11.8 Å². The molecule has 4 rings (SSSR count). The van der Waals surface area contributed by atoms with Crippen molar-refractivity contribution < 1.29 is 9.59 Å². The molecule has 164 valence electrons. The molecule has 0 heterocycles. The van der Waals surface area contributed by atoms with Gasteiger partial charge < -0.3 is 10.2 Å². The summed E-state index contributed by atoms with van der Waals surface area (Å²) in [6, 6.07) is 27.9. The smallest absolute Gasteiger partial charge is 0.230 e. The zero-order valence-corrected chi connectivity index (χ0v) is 18.4. The van der Waals surface area contributed by atoms with E-state index in [0.717, 1.165) is 48.1 Å². The van der Waals surface area contributed by atoms with Gasteiger partial charge in [0.15, 0.2) is 0 Å². The molecule has 0 spiro atoms. The summed E-state index contributed by atoms with van der Waals surface area (Å²) >= 11 is 0. The summed E-state index contributed by atoms with van der Waals surface area (Å²) < 4.78 is 0. The molecule has 0 bridgehead atoms. The highest BCUT2D eigenvalue weighted by atomic mass is 16.2. The third-order valence-corrected chi connectivity index (χ3v) is 6.10. The van der Waals surface area contributed by atoms with Crippen LogP contribution in [0.3, 0.4) is 0 Å². The molecule has 3 aromatic rings. The minimum atomic E-state index is -0.00947. The van der Waals surface area contributed by atoms with Crippen LogP contribution in [0.2, 0.25) is 0 Å². The number of nitrogens with zero attached hydrogens (tertiary/aromatic N) is 1. The number of benzene rings is 3. The van der Waals surface area contributed by atoms with E-state index < -0.39 is 0 Å². The largest absolute Gasteiger partial charge is 0.352 e. The number of hydrogen-bond acceptors (Lipinski definition) is 2. The van der Waals surface area contributed by atoms with Crippen molar-refractivity contribution in [3.8, 4) is 0 Å². The molecule has 1 saturated carbocycles. The van der Waals surface area contributed by atoms with Crippen molar-refractivity contribution in [3.63, 3.8) is 0 Å². The van der Waals surface area contributed by atoms with Crippen LogP contribution in [-0.4, -0.2) is 11.8 Å². The molecule has 0 aromatic heterocycles. The van der Waals surface area contributed by atoms with Crippen LogP contribution in [0.15, 0.2) is 84.9 Å². The number of anilines is 1. The lowest BCUT2D eigenvalue weighted by molar-refractivity contribution is -0.122. The SMILES string of the molecule is O=C(Cc1ccc(N(Cc2ccccc2)C(=O)C2CCCC2)cc1)NCc1ccccc1. The van der Waals surface area contributed by atoms with Crippen LogP contribution >= 0.6 is 0 Å². The van der Waals surface area contributed by atoms with Gasteiger partial charge in [-0.1, -0.05) is 85.6 Å². The first kappa shape index (κ1) is 21.8. The van der Waals surface area contributed by atoms with Gasteiger partial charge in [-0.2, -0.15) is 0 Å². The summed E-state index contributed by atoms with van der Waals surface area (Å²) in [5.41, 5.74) is 4.02. The first-order valence-corrected chi connectivity index (χ1v) is 11.4. The molecular formula is C28H30N2O2. The van der Waals surface area contributed by atoms with Gasteiger partial charge in [0, 0.05) is 18.2 Å². The van der Waals surface area contributed by atoms with Crippen molar-refractivity contribution in [2.75, 3.05) is 4.90 Å². The average molecular weight is 427 g/mol. The van der Waals surface area contributed by atoms with E-state index in [1.54, 1.807) is 0 Å². The van der Waals surface area contributed by atoms with Crippen LogP contribution in [0.25, 0.3) is 0 Å². The second-order valence-electron chi connectivity index (χ2n) is 8.50. The monoisotopic (exact) mass is 426 g/mol. The van der Waals surface area contributed by atoms with E-state index in [9.17, 15) is 9.59 Å². The van der Waals surface area contributed by atoms with Crippen LogP contribution < -0.4 is 10.2 Å². The first-order valence-electron chi connectivity index (χ1n) is 11.4. The molecule has 1 N–H and O–H groups in total. The minimum Gasteiger partial charge on any atom is -0.352 e. The molecule has 0 radical (unpaired) electrons. The average Bonchev–Trinajstić information content (AvgIpc) is 3.38. The van der Waals surface area contributed by atoms with Crippen molar-refractivity contribution in [2.24, 2.45) is 5.92 Å². The van der Waals surface area contributed by atoms with E-state index in [1.807, 2.05) is 77.7 Å². The fraction of sp³-hybridized carbons (Fsp3) is 0.286. The molecule has 32 heavy (non-hydrogen) atoms. The molecule has 4 heteroatoms. The first-order chi connectivity index (χ1) is 15.7. The summed E-state index contributed by atoms with van der Waals surface area (Å²) in [6.45, 7) is 1.09. The fourth-order valence-electron chi connectivity index (χ4n) is 4.29.